The Morgan fingerprint density at radius 1 is 1.03 bits per heavy atom. The lowest BCUT2D eigenvalue weighted by molar-refractivity contribution is 0.539. The molecule has 0 saturated carbocycles. The molecule has 0 spiro atoms. The molecule has 35 heavy (non-hydrogen) atoms. The van der Waals surface area contributed by atoms with Crippen molar-refractivity contribution in [1.29, 1.82) is 0 Å². The number of anilines is 3. The first kappa shape index (κ1) is 23.3. The molecule has 0 aliphatic carbocycles. The zero-order valence-electron chi connectivity index (χ0n) is 20.2. The van der Waals surface area contributed by atoms with Gasteiger partial charge in [0, 0.05) is 42.9 Å². The number of nitrogens with one attached hydrogen (secondary N) is 2. The molecule has 0 unspecified atom stereocenters. The lowest BCUT2D eigenvalue weighted by Gasteiger charge is -2.29. The highest BCUT2D eigenvalue weighted by molar-refractivity contribution is 6.00. The third-order valence-electron chi connectivity index (χ3n) is 7.25. The van der Waals surface area contributed by atoms with Crippen LogP contribution < -0.4 is 15.5 Å². The highest BCUT2D eigenvalue weighted by atomic mass is 19.1. The first-order valence-corrected chi connectivity index (χ1v) is 12.1. The van der Waals surface area contributed by atoms with Crippen LogP contribution in [0.2, 0.25) is 0 Å². The largest absolute Gasteiger partial charge is 0.368 e. The molecule has 2 N–H and O–H groups in total. The molecule has 0 bridgehead atoms. The molecule has 2 aliphatic rings. The second kappa shape index (κ2) is 9.30. The van der Waals surface area contributed by atoms with Gasteiger partial charge in [-0.25, -0.2) is 23.7 Å². The summed E-state index contributed by atoms with van der Waals surface area (Å²) in [4.78, 5) is 19.7. The van der Waals surface area contributed by atoms with Gasteiger partial charge in [-0.3, -0.25) is 4.99 Å². The van der Waals surface area contributed by atoms with Crippen LogP contribution in [0.25, 0.3) is 11.3 Å². The fourth-order valence-electron chi connectivity index (χ4n) is 5.14. The van der Waals surface area contributed by atoms with Gasteiger partial charge in [0.1, 0.15) is 23.0 Å². The number of pyridine rings is 1. The van der Waals surface area contributed by atoms with Crippen molar-refractivity contribution in [1.82, 2.24) is 20.3 Å². The van der Waals surface area contributed by atoms with E-state index in [9.17, 15) is 4.39 Å². The Hall–Kier alpha value is -3.46. The Labute approximate surface area is 203 Å². The molecular formula is C26H29F2N7. The van der Waals surface area contributed by atoms with Gasteiger partial charge in [-0.05, 0) is 49.6 Å². The number of hydrogen-bond donors (Lipinski definition) is 2. The summed E-state index contributed by atoms with van der Waals surface area (Å²) in [6, 6.07) is 6.95. The molecule has 7 nitrogen and oxygen atoms in total. The lowest BCUT2D eigenvalue weighted by atomic mass is 9.73. The zero-order valence-corrected chi connectivity index (χ0v) is 20.2. The van der Waals surface area contributed by atoms with E-state index in [2.05, 4.69) is 49.3 Å². The summed E-state index contributed by atoms with van der Waals surface area (Å²) in [6.07, 6.45) is 4.46. The summed E-state index contributed by atoms with van der Waals surface area (Å²) < 4.78 is 29.9. The summed E-state index contributed by atoms with van der Waals surface area (Å²) in [6.45, 7) is 9.81. The summed E-state index contributed by atoms with van der Waals surface area (Å²) in [7, 11) is 0. The maximum atomic E-state index is 15.1. The van der Waals surface area contributed by atoms with E-state index in [1.165, 1.54) is 6.07 Å². The minimum atomic E-state index is -0.619. The van der Waals surface area contributed by atoms with Crippen molar-refractivity contribution in [3.05, 3.63) is 53.9 Å². The van der Waals surface area contributed by atoms with Gasteiger partial charge in [0.15, 0.2) is 5.82 Å². The predicted molar refractivity (Wildman–Crippen MR) is 135 cm³/mol. The molecule has 0 radical (unpaired) electrons. The number of hydrogen-bond acceptors (Lipinski definition) is 7. The first-order chi connectivity index (χ1) is 16.9. The highest BCUT2D eigenvalue weighted by Crippen LogP contribution is 2.47. The Morgan fingerprint density at radius 2 is 1.80 bits per heavy atom. The van der Waals surface area contributed by atoms with E-state index in [-0.39, 0.29) is 17.1 Å². The molecule has 5 rings (SSSR count). The molecule has 1 saturated heterocycles. The molecule has 0 amide bonds. The van der Waals surface area contributed by atoms with E-state index >= 15 is 4.39 Å². The van der Waals surface area contributed by atoms with Gasteiger partial charge in [0.2, 0.25) is 5.95 Å². The maximum Gasteiger partial charge on any atom is 0.229 e. The summed E-state index contributed by atoms with van der Waals surface area (Å²) in [5, 5.41) is 6.37. The normalized spacial score (nSPS) is 16.7. The second-order valence-electron chi connectivity index (χ2n) is 8.99. The standard InChI is InChI=1S/C26H29F2N7/c1-4-26(5-2)16(3)32-24-19(26)12-17(13-20(24)27)23-21(28)15-31-25(34-23)33-22-7-6-18(14-30-22)35-10-8-29-9-11-35/h6-7,12-15,29H,4-5,8-11H2,1-3H3,(H,30,31,33,34). The van der Waals surface area contributed by atoms with E-state index in [0.29, 0.717) is 17.1 Å². The topological polar surface area (TPSA) is 78.3 Å². The van der Waals surface area contributed by atoms with Crippen LogP contribution in [0.1, 0.15) is 39.2 Å². The average Bonchev–Trinajstić information content (AvgIpc) is 3.18. The monoisotopic (exact) mass is 477 g/mol. The van der Waals surface area contributed by atoms with Crippen molar-refractivity contribution in [2.75, 3.05) is 36.4 Å². The molecule has 4 heterocycles. The van der Waals surface area contributed by atoms with Crippen molar-refractivity contribution in [2.45, 2.75) is 39.0 Å². The molecule has 3 aromatic rings. The van der Waals surface area contributed by atoms with Crippen molar-refractivity contribution in [3.8, 4) is 11.3 Å². The van der Waals surface area contributed by atoms with Crippen LogP contribution in [0, 0.1) is 11.6 Å². The number of aliphatic imine (C=N–C) groups is 1. The number of piperazine rings is 1. The van der Waals surface area contributed by atoms with Crippen molar-refractivity contribution < 1.29 is 8.78 Å². The van der Waals surface area contributed by atoms with Crippen LogP contribution in [0.4, 0.5) is 31.9 Å². The Kier molecular flexibility index (Phi) is 6.19. The van der Waals surface area contributed by atoms with Crippen LogP contribution in [0.5, 0.6) is 0 Å². The molecule has 182 valence electrons. The van der Waals surface area contributed by atoms with Crippen LogP contribution in [-0.2, 0) is 5.41 Å². The van der Waals surface area contributed by atoms with E-state index < -0.39 is 11.6 Å². The molecule has 2 aliphatic heterocycles. The predicted octanol–water partition coefficient (Wildman–Crippen LogP) is 5.13. The van der Waals surface area contributed by atoms with Gasteiger partial charge >= 0.3 is 0 Å². The van der Waals surface area contributed by atoms with Gasteiger partial charge in [-0.1, -0.05) is 13.8 Å². The lowest BCUT2D eigenvalue weighted by Crippen LogP contribution is -2.43. The SMILES string of the molecule is CCC1(CC)C(C)=Nc2c(F)cc(-c3nc(Nc4ccc(N5CCNCC5)cn4)ncc3F)cc21. The van der Waals surface area contributed by atoms with E-state index in [0.717, 1.165) is 62.2 Å². The van der Waals surface area contributed by atoms with Crippen molar-refractivity contribution in [3.63, 3.8) is 0 Å². The second-order valence-corrected chi connectivity index (χ2v) is 8.99. The molecule has 1 fully saturated rings. The van der Waals surface area contributed by atoms with Gasteiger partial charge in [-0.2, -0.15) is 0 Å². The molecular weight excluding hydrogens is 448 g/mol. The van der Waals surface area contributed by atoms with Gasteiger partial charge < -0.3 is 15.5 Å². The van der Waals surface area contributed by atoms with Crippen LogP contribution in [0.15, 0.2) is 41.7 Å². The number of halogens is 2. The fourth-order valence-corrected chi connectivity index (χ4v) is 5.14. The summed E-state index contributed by atoms with van der Waals surface area (Å²) in [5.41, 5.74) is 3.10. The van der Waals surface area contributed by atoms with Crippen LogP contribution >= 0.6 is 0 Å². The van der Waals surface area contributed by atoms with Crippen LogP contribution in [0.3, 0.4) is 0 Å². The number of rotatable bonds is 6. The minimum Gasteiger partial charge on any atom is -0.368 e. The number of fused-ring (bicyclic) bond motifs is 1. The molecule has 1 aromatic carbocycles. The average molecular weight is 478 g/mol. The number of nitrogens with zero attached hydrogens (tertiary/aromatic N) is 5. The van der Waals surface area contributed by atoms with Gasteiger partial charge in [-0.15, -0.1) is 0 Å². The summed E-state index contributed by atoms with van der Waals surface area (Å²) >= 11 is 0. The number of benzene rings is 1. The van der Waals surface area contributed by atoms with Crippen molar-refractivity contribution in [2.24, 2.45) is 4.99 Å². The van der Waals surface area contributed by atoms with Crippen LogP contribution in [-0.4, -0.2) is 46.8 Å². The third kappa shape index (κ3) is 4.14. The van der Waals surface area contributed by atoms with Crippen molar-refractivity contribution >= 4 is 28.9 Å². The Morgan fingerprint density at radius 3 is 2.49 bits per heavy atom. The first-order valence-electron chi connectivity index (χ1n) is 12.1. The zero-order chi connectivity index (χ0) is 24.6. The Bertz CT molecular complexity index is 1260. The minimum absolute atomic E-state index is 0.0345. The van der Waals surface area contributed by atoms with Gasteiger partial charge in [0.05, 0.1) is 18.1 Å². The maximum absolute atomic E-state index is 15.1. The molecule has 9 heteroatoms. The third-order valence-corrected chi connectivity index (χ3v) is 7.25. The fraction of sp³-hybridized carbons (Fsp3) is 0.385. The molecule has 0 atom stereocenters. The number of aromatic nitrogens is 3. The highest BCUT2D eigenvalue weighted by Gasteiger charge is 2.40. The van der Waals surface area contributed by atoms with E-state index in [1.807, 2.05) is 25.1 Å². The quantitative estimate of drug-likeness (QED) is 0.512. The smallest absolute Gasteiger partial charge is 0.229 e. The van der Waals surface area contributed by atoms with E-state index in [4.69, 9.17) is 0 Å². The van der Waals surface area contributed by atoms with E-state index in [1.54, 1.807) is 6.20 Å². The Balaban J connectivity index is 1.44. The summed E-state index contributed by atoms with van der Waals surface area (Å²) in [5.74, 6) is -0.361. The van der Waals surface area contributed by atoms with Gasteiger partial charge in [0.25, 0.3) is 0 Å². The molecule has 2 aromatic heterocycles.